The van der Waals surface area contributed by atoms with Crippen LogP contribution < -0.4 is 5.32 Å². The molecule has 0 spiro atoms. The summed E-state index contributed by atoms with van der Waals surface area (Å²) in [6, 6.07) is 10.9. The molecule has 4 heterocycles. The Morgan fingerprint density at radius 3 is 2.72 bits per heavy atom. The lowest BCUT2D eigenvalue weighted by Gasteiger charge is -2.23. The number of aryl methyl sites for hydroxylation is 2. The van der Waals surface area contributed by atoms with Gasteiger partial charge in [0.05, 0.1) is 17.4 Å². The molecule has 0 radical (unpaired) electrons. The molecule has 0 aromatic carbocycles. The molecule has 1 N–H and O–H groups in total. The van der Waals surface area contributed by atoms with E-state index in [4.69, 9.17) is 0 Å². The molecule has 9 heteroatoms. The maximum absolute atomic E-state index is 13.4. The first-order valence-electron chi connectivity index (χ1n) is 9.70. The lowest BCUT2D eigenvalue weighted by atomic mass is 10.1. The number of pyridine rings is 2. The van der Waals surface area contributed by atoms with Gasteiger partial charge in [0.2, 0.25) is 10.0 Å². The van der Waals surface area contributed by atoms with Crippen molar-refractivity contribution in [2.75, 3.05) is 11.9 Å². The van der Waals surface area contributed by atoms with E-state index in [1.807, 2.05) is 43.3 Å². The molecule has 1 atom stereocenters. The molecular weight excluding hydrogens is 388 g/mol. The highest BCUT2D eigenvalue weighted by atomic mass is 32.2. The van der Waals surface area contributed by atoms with Gasteiger partial charge in [0.25, 0.3) is 0 Å². The highest BCUT2D eigenvalue weighted by molar-refractivity contribution is 7.89. The molecule has 0 saturated carbocycles. The predicted molar refractivity (Wildman–Crippen MR) is 110 cm³/mol. The van der Waals surface area contributed by atoms with E-state index in [1.165, 1.54) is 0 Å². The van der Waals surface area contributed by atoms with E-state index < -0.39 is 10.0 Å². The Bertz CT molecular complexity index is 1100. The molecule has 152 valence electrons. The van der Waals surface area contributed by atoms with Gasteiger partial charge in [-0.1, -0.05) is 12.1 Å². The van der Waals surface area contributed by atoms with Crippen LogP contribution in [0.25, 0.3) is 0 Å². The van der Waals surface area contributed by atoms with Crippen molar-refractivity contribution in [3.05, 3.63) is 60.2 Å². The fourth-order valence-corrected chi connectivity index (χ4v) is 5.48. The predicted octanol–water partition coefficient (Wildman–Crippen LogP) is 3.27. The molecule has 29 heavy (non-hydrogen) atoms. The Morgan fingerprint density at radius 1 is 1.17 bits per heavy atom. The molecule has 0 amide bonds. The molecule has 1 unspecified atom stereocenters. The van der Waals surface area contributed by atoms with Crippen molar-refractivity contribution in [2.24, 2.45) is 0 Å². The van der Waals surface area contributed by atoms with Crippen LogP contribution in [0.4, 0.5) is 11.6 Å². The van der Waals surface area contributed by atoms with Crippen molar-refractivity contribution in [3.8, 4) is 0 Å². The van der Waals surface area contributed by atoms with Gasteiger partial charge < -0.3 is 5.32 Å². The van der Waals surface area contributed by atoms with E-state index in [0.29, 0.717) is 30.4 Å². The summed E-state index contributed by atoms with van der Waals surface area (Å²) in [5, 5.41) is 7.47. The maximum Gasteiger partial charge on any atom is 0.247 e. The number of nitrogens with zero attached hydrogens (tertiary/aromatic N) is 5. The second kappa shape index (κ2) is 7.92. The van der Waals surface area contributed by atoms with Gasteiger partial charge in [-0.2, -0.15) is 9.40 Å². The van der Waals surface area contributed by atoms with Crippen molar-refractivity contribution < 1.29 is 8.42 Å². The van der Waals surface area contributed by atoms with Crippen molar-refractivity contribution in [3.63, 3.8) is 0 Å². The maximum atomic E-state index is 13.4. The second-order valence-electron chi connectivity index (χ2n) is 7.00. The van der Waals surface area contributed by atoms with Crippen molar-refractivity contribution >= 4 is 21.7 Å². The average Bonchev–Trinajstić information content (AvgIpc) is 3.36. The third-order valence-corrected chi connectivity index (χ3v) is 7.06. The van der Waals surface area contributed by atoms with Crippen LogP contribution in [0.15, 0.2) is 53.7 Å². The summed E-state index contributed by atoms with van der Waals surface area (Å²) in [5.41, 5.74) is 1.25. The molecular formula is C20H24N6O2S. The summed E-state index contributed by atoms with van der Waals surface area (Å²) in [7, 11) is -3.65. The largest absolute Gasteiger partial charge is 0.325 e. The Labute approximate surface area is 170 Å². The molecule has 1 aliphatic heterocycles. The van der Waals surface area contributed by atoms with Crippen LogP contribution in [0, 0.1) is 6.92 Å². The zero-order valence-electron chi connectivity index (χ0n) is 16.5. The van der Waals surface area contributed by atoms with Crippen molar-refractivity contribution in [1.29, 1.82) is 0 Å². The van der Waals surface area contributed by atoms with Gasteiger partial charge in [-0.15, -0.1) is 0 Å². The third-order valence-electron chi connectivity index (χ3n) is 5.05. The number of sulfonamides is 1. The second-order valence-corrected chi connectivity index (χ2v) is 8.85. The molecule has 3 aromatic heterocycles. The van der Waals surface area contributed by atoms with Gasteiger partial charge in [0, 0.05) is 25.5 Å². The highest BCUT2D eigenvalue weighted by Crippen LogP contribution is 2.36. The zero-order valence-corrected chi connectivity index (χ0v) is 17.3. The van der Waals surface area contributed by atoms with Crippen LogP contribution in [0.3, 0.4) is 0 Å². The number of hydrogen-bond acceptors (Lipinski definition) is 6. The first-order valence-corrected chi connectivity index (χ1v) is 11.1. The van der Waals surface area contributed by atoms with E-state index in [0.717, 1.165) is 18.5 Å². The normalized spacial score (nSPS) is 17.5. The molecule has 1 saturated heterocycles. The molecule has 8 nitrogen and oxygen atoms in total. The molecule has 1 fully saturated rings. The number of nitrogens with one attached hydrogen (secondary N) is 1. The van der Waals surface area contributed by atoms with Gasteiger partial charge in [0.1, 0.15) is 16.5 Å². The fourth-order valence-electron chi connectivity index (χ4n) is 3.64. The van der Waals surface area contributed by atoms with Crippen LogP contribution in [0.5, 0.6) is 0 Å². The summed E-state index contributed by atoms with van der Waals surface area (Å²) >= 11 is 0. The van der Waals surface area contributed by atoms with Crippen LogP contribution >= 0.6 is 0 Å². The molecule has 0 aliphatic carbocycles. The zero-order chi connectivity index (χ0) is 20.4. The van der Waals surface area contributed by atoms with Crippen molar-refractivity contribution in [2.45, 2.75) is 44.2 Å². The molecule has 0 bridgehead atoms. The van der Waals surface area contributed by atoms with Crippen LogP contribution in [-0.4, -0.2) is 39.0 Å². The van der Waals surface area contributed by atoms with Crippen molar-refractivity contribution in [1.82, 2.24) is 24.1 Å². The van der Waals surface area contributed by atoms with E-state index in [2.05, 4.69) is 20.4 Å². The summed E-state index contributed by atoms with van der Waals surface area (Å²) in [6.45, 7) is 4.77. The van der Waals surface area contributed by atoms with E-state index in [1.54, 1.807) is 28.3 Å². The number of rotatable bonds is 6. The average molecular weight is 413 g/mol. The number of aromatic nitrogens is 4. The van der Waals surface area contributed by atoms with Gasteiger partial charge >= 0.3 is 0 Å². The van der Waals surface area contributed by atoms with Crippen LogP contribution in [0.1, 0.15) is 37.2 Å². The Balaban J connectivity index is 1.63. The number of anilines is 2. The minimum atomic E-state index is -3.65. The molecule has 4 rings (SSSR count). The first kappa shape index (κ1) is 19.5. The summed E-state index contributed by atoms with van der Waals surface area (Å²) in [4.78, 5) is 9.19. The number of hydrogen-bond donors (Lipinski definition) is 1. The quantitative estimate of drug-likeness (QED) is 0.668. The standard InChI is InChI=1S/C20H24N6O2S/c1-3-25-14-18(15(2)24-25)29(27,28)26-13-7-9-17(26)16-8-6-11-20(22-16)23-19-10-4-5-12-21-19/h4-6,8,10-12,14,17H,3,7,9,13H2,1-2H3,(H,21,22,23). The smallest absolute Gasteiger partial charge is 0.247 e. The summed E-state index contributed by atoms with van der Waals surface area (Å²) in [5.74, 6) is 1.33. The van der Waals surface area contributed by atoms with Gasteiger partial charge in [-0.25, -0.2) is 18.4 Å². The van der Waals surface area contributed by atoms with Gasteiger partial charge in [-0.3, -0.25) is 4.68 Å². The van der Waals surface area contributed by atoms with E-state index in [-0.39, 0.29) is 10.9 Å². The van der Waals surface area contributed by atoms with Gasteiger partial charge in [-0.05, 0) is 51.0 Å². The lowest BCUT2D eigenvalue weighted by molar-refractivity contribution is 0.390. The minimum Gasteiger partial charge on any atom is -0.325 e. The highest BCUT2D eigenvalue weighted by Gasteiger charge is 2.38. The third kappa shape index (κ3) is 3.88. The summed E-state index contributed by atoms with van der Waals surface area (Å²) in [6.07, 6.45) is 4.85. The Morgan fingerprint density at radius 2 is 2.00 bits per heavy atom. The fraction of sp³-hybridized carbons (Fsp3) is 0.350. The summed E-state index contributed by atoms with van der Waals surface area (Å²) < 4.78 is 29.9. The minimum absolute atomic E-state index is 0.272. The van der Waals surface area contributed by atoms with Crippen LogP contribution in [-0.2, 0) is 16.6 Å². The van der Waals surface area contributed by atoms with Crippen LogP contribution in [0.2, 0.25) is 0 Å². The van der Waals surface area contributed by atoms with E-state index >= 15 is 0 Å². The molecule has 1 aliphatic rings. The lowest BCUT2D eigenvalue weighted by Crippen LogP contribution is -2.31. The Hall–Kier alpha value is -2.78. The topological polar surface area (TPSA) is 93.0 Å². The SMILES string of the molecule is CCn1cc(S(=O)(=O)N2CCCC2c2cccc(Nc3ccccn3)n2)c(C)n1. The molecule has 3 aromatic rings. The Kier molecular flexibility index (Phi) is 5.33. The first-order chi connectivity index (χ1) is 14.0. The monoisotopic (exact) mass is 412 g/mol. The van der Waals surface area contributed by atoms with E-state index in [9.17, 15) is 8.42 Å². The van der Waals surface area contributed by atoms with Gasteiger partial charge in [0.15, 0.2) is 0 Å².